The molecule has 0 fully saturated rings. The van der Waals surface area contributed by atoms with Crippen molar-refractivity contribution in [2.45, 2.75) is 24.8 Å². The number of para-hydroxylation sites is 1. The van der Waals surface area contributed by atoms with Gasteiger partial charge in [-0.25, -0.2) is 4.79 Å². The number of esters is 1. The van der Waals surface area contributed by atoms with E-state index in [-0.39, 0.29) is 0 Å². The molecule has 0 bridgehead atoms. The van der Waals surface area contributed by atoms with Crippen molar-refractivity contribution in [2.24, 2.45) is 0 Å². The number of anilines is 1. The van der Waals surface area contributed by atoms with E-state index in [2.05, 4.69) is 5.32 Å². The van der Waals surface area contributed by atoms with Crippen LogP contribution < -0.4 is 5.32 Å². The van der Waals surface area contributed by atoms with Crippen molar-refractivity contribution in [3.8, 4) is 0 Å². The molecule has 0 aromatic heterocycles. The minimum Gasteiger partial charge on any atom is -0.449 e. The second-order valence-electron chi connectivity index (χ2n) is 4.95. The monoisotopic (exact) mass is 363 g/mol. The summed E-state index contributed by atoms with van der Waals surface area (Å²) in [6, 6.07) is 14.1. The Kier molecular flexibility index (Phi) is 6.70. The molecule has 2 rings (SSSR count). The van der Waals surface area contributed by atoms with Gasteiger partial charge in [-0.15, -0.1) is 11.8 Å². The predicted molar refractivity (Wildman–Crippen MR) is 97.8 cm³/mol. The van der Waals surface area contributed by atoms with Gasteiger partial charge in [0.25, 0.3) is 5.91 Å². The number of nitrogens with one attached hydrogen (secondary N) is 1. The maximum Gasteiger partial charge on any atom is 0.340 e. The second-order valence-corrected chi connectivity index (χ2v) is 6.66. The number of carbonyl (C=O) groups excluding carboxylic acids is 2. The number of ether oxygens (including phenoxy) is 1. The van der Waals surface area contributed by atoms with Crippen molar-refractivity contribution >= 4 is 40.9 Å². The van der Waals surface area contributed by atoms with Crippen molar-refractivity contribution in [3.05, 3.63) is 59.1 Å². The highest BCUT2D eigenvalue weighted by atomic mass is 35.5. The van der Waals surface area contributed by atoms with Crippen LogP contribution in [0.5, 0.6) is 0 Å². The number of hydrogen-bond acceptors (Lipinski definition) is 4. The van der Waals surface area contributed by atoms with Crippen LogP contribution in [0, 0.1) is 0 Å². The Morgan fingerprint density at radius 1 is 1.17 bits per heavy atom. The number of halogens is 1. The van der Waals surface area contributed by atoms with E-state index in [1.165, 1.54) is 6.92 Å². The molecule has 1 atom stereocenters. The van der Waals surface area contributed by atoms with Gasteiger partial charge in [0.2, 0.25) is 0 Å². The molecule has 1 N–H and O–H groups in total. The molecule has 1 amide bonds. The van der Waals surface area contributed by atoms with Gasteiger partial charge in [-0.2, -0.15) is 0 Å². The number of benzene rings is 2. The molecule has 4 nitrogen and oxygen atoms in total. The van der Waals surface area contributed by atoms with Crippen LogP contribution in [-0.4, -0.2) is 23.7 Å². The first-order valence-electron chi connectivity index (χ1n) is 7.51. The Bertz CT molecular complexity index is 736. The molecule has 0 aliphatic rings. The standard InChI is InChI=1S/C18H18ClNO3S/c1-3-24-16-11-7-4-8-13(16)18(22)23-12(2)17(21)20-15-10-6-5-9-14(15)19/h4-12H,3H2,1-2H3,(H,20,21)/t12-/m1/s1. The third kappa shape index (κ3) is 4.76. The van der Waals surface area contributed by atoms with Crippen LogP contribution in [0.15, 0.2) is 53.4 Å². The zero-order valence-electron chi connectivity index (χ0n) is 13.4. The third-order valence-electron chi connectivity index (χ3n) is 3.19. The first-order valence-corrected chi connectivity index (χ1v) is 8.87. The van der Waals surface area contributed by atoms with Gasteiger partial charge in [-0.05, 0) is 36.9 Å². The van der Waals surface area contributed by atoms with E-state index in [1.807, 2.05) is 19.1 Å². The van der Waals surface area contributed by atoms with Crippen LogP contribution in [-0.2, 0) is 9.53 Å². The summed E-state index contributed by atoms with van der Waals surface area (Å²) in [4.78, 5) is 25.4. The van der Waals surface area contributed by atoms with E-state index < -0.39 is 18.0 Å². The molecule has 2 aromatic rings. The second kappa shape index (κ2) is 8.76. The van der Waals surface area contributed by atoms with Gasteiger partial charge in [0.15, 0.2) is 6.10 Å². The van der Waals surface area contributed by atoms with Gasteiger partial charge in [-0.1, -0.05) is 42.8 Å². The van der Waals surface area contributed by atoms with E-state index in [4.69, 9.17) is 16.3 Å². The van der Waals surface area contributed by atoms with E-state index in [0.717, 1.165) is 10.6 Å². The van der Waals surface area contributed by atoms with Crippen molar-refractivity contribution in [3.63, 3.8) is 0 Å². The van der Waals surface area contributed by atoms with E-state index in [9.17, 15) is 9.59 Å². The summed E-state index contributed by atoms with van der Waals surface area (Å²) in [5.41, 5.74) is 0.941. The molecular weight excluding hydrogens is 346 g/mol. The van der Waals surface area contributed by atoms with Crippen LogP contribution in [0.25, 0.3) is 0 Å². The lowest BCUT2D eigenvalue weighted by molar-refractivity contribution is -0.123. The highest BCUT2D eigenvalue weighted by molar-refractivity contribution is 7.99. The molecule has 0 saturated heterocycles. The fraction of sp³-hybridized carbons (Fsp3) is 0.222. The van der Waals surface area contributed by atoms with Crippen molar-refractivity contribution in [1.82, 2.24) is 0 Å². The first-order chi connectivity index (χ1) is 11.5. The summed E-state index contributed by atoms with van der Waals surface area (Å²) in [6.45, 7) is 3.53. The van der Waals surface area contributed by atoms with Crippen LogP contribution >= 0.6 is 23.4 Å². The van der Waals surface area contributed by atoms with Gasteiger partial charge < -0.3 is 10.1 Å². The Balaban J connectivity index is 2.03. The molecule has 6 heteroatoms. The Hall–Kier alpha value is -1.98. The molecule has 0 spiro atoms. The quantitative estimate of drug-likeness (QED) is 0.600. The number of hydrogen-bond donors (Lipinski definition) is 1. The SMILES string of the molecule is CCSc1ccccc1C(=O)O[C@H](C)C(=O)Nc1ccccc1Cl. The van der Waals surface area contributed by atoms with Gasteiger partial charge >= 0.3 is 5.97 Å². The molecule has 0 aliphatic carbocycles. The molecular formula is C18H18ClNO3S. The van der Waals surface area contributed by atoms with Crippen molar-refractivity contribution < 1.29 is 14.3 Å². The molecule has 2 aromatic carbocycles. The molecule has 24 heavy (non-hydrogen) atoms. The maximum atomic E-state index is 12.3. The lowest BCUT2D eigenvalue weighted by atomic mass is 10.2. The molecule has 126 valence electrons. The maximum absolute atomic E-state index is 12.3. The number of amides is 1. The van der Waals surface area contributed by atoms with Crippen molar-refractivity contribution in [1.29, 1.82) is 0 Å². The van der Waals surface area contributed by atoms with Crippen LogP contribution in [0.1, 0.15) is 24.2 Å². The Morgan fingerprint density at radius 3 is 2.54 bits per heavy atom. The fourth-order valence-corrected chi connectivity index (χ4v) is 2.97. The fourth-order valence-electron chi connectivity index (χ4n) is 1.99. The molecule has 0 saturated carbocycles. The van der Waals surface area contributed by atoms with E-state index in [1.54, 1.807) is 48.2 Å². The molecule has 0 radical (unpaired) electrons. The van der Waals surface area contributed by atoms with Gasteiger partial charge in [0, 0.05) is 4.90 Å². The summed E-state index contributed by atoms with van der Waals surface area (Å²) >= 11 is 7.56. The van der Waals surface area contributed by atoms with Crippen molar-refractivity contribution in [2.75, 3.05) is 11.1 Å². The molecule has 0 unspecified atom stereocenters. The van der Waals surface area contributed by atoms with Crippen LogP contribution in [0.4, 0.5) is 5.69 Å². The van der Waals surface area contributed by atoms with Gasteiger partial charge in [0.1, 0.15) is 0 Å². The third-order valence-corrected chi connectivity index (χ3v) is 4.48. The summed E-state index contributed by atoms with van der Waals surface area (Å²) in [5, 5.41) is 3.08. The lowest BCUT2D eigenvalue weighted by Gasteiger charge is -2.15. The Morgan fingerprint density at radius 2 is 1.83 bits per heavy atom. The lowest BCUT2D eigenvalue weighted by Crippen LogP contribution is -2.30. The molecule has 0 heterocycles. The number of carbonyl (C=O) groups is 2. The topological polar surface area (TPSA) is 55.4 Å². The molecule has 0 aliphatic heterocycles. The normalized spacial score (nSPS) is 11.6. The highest BCUT2D eigenvalue weighted by Crippen LogP contribution is 2.24. The van der Waals surface area contributed by atoms with Gasteiger partial charge in [0.05, 0.1) is 16.3 Å². The summed E-state index contributed by atoms with van der Waals surface area (Å²) in [5.74, 6) is -0.113. The summed E-state index contributed by atoms with van der Waals surface area (Å²) in [6.07, 6.45) is -0.937. The van der Waals surface area contributed by atoms with Gasteiger partial charge in [-0.3, -0.25) is 4.79 Å². The van der Waals surface area contributed by atoms with Crippen LogP contribution in [0.2, 0.25) is 5.02 Å². The number of thioether (sulfide) groups is 1. The highest BCUT2D eigenvalue weighted by Gasteiger charge is 2.21. The zero-order chi connectivity index (χ0) is 17.5. The minimum absolute atomic E-state index is 0.425. The average molecular weight is 364 g/mol. The predicted octanol–water partition coefficient (Wildman–Crippen LogP) is 4.64. The smallest absolute Gasteiger partial charge is 0.340 e. The largest absolute Gasteiger partial charge is 0.449 e. The summed E-state index contributed by atoms with van der Waals surface area (Å²) in [7, 11) is 0. The first kappa shape index (κ1) is 18.4. The Labute approximate surface area is 150 Å². The number of rotatable bonds is 6. The minimum atomic E-state index is -0.937. The van der Waals surface area contributed by atoms with Crippen LogP contribution in [0.3, 0.4) is 0 Å². The zero-order valence-corrected chi connectivity index (χ0v) is 15.0. The average Bonchev–Trinajstić information content (AvgIpc) is 2.57. The van der Waals surface area contributed by atoms with E-state index >= 15 is 0 Å². The van der Waals surface area contributed by atoms with E-state index in [0.29, 0.717) is 16.3 Å². The summed E-state index contributed by atoms with van der Waals surface area (Å²) < 4.78 is 5.29.